The van der Waals surface area contributed by atoms with Gasteiger partial charge in [0.05, 0.1) is 11.3 Å². The molecule has 146 valence electrons. The molecule has 0 radical (unpaired) electrons. The van der Waals surface area contributed by atoms with Gasteiger partial charge in [0, 0.05) is 18.8 Å². The third-order valence-electron chi connectivity index (χ3n) is 4.81. The molecule has 5 nitrogen and oxygen atoms in total. The first-order chi connectivity index (χ1) is 13.5. The Kier molecular flexibility index (Phi) is 5.55. The highest BCUT2D eigenvalue weighted by Crippen LogP contribution is 2.28. The Morgan fingerprint density at radius 3 is 2.93 bits per heavy atom. The molecule has 0 bridgehead atoms. The highest BCUT2D eigenvalue weighted by atomic mass is 32.2. The number of amides is 1. The van der Waals surface area contributed by atoms with E-state index in [1.165, 1.54) is 28.7 Å². The zero-order chi connectivity index (χ0) is 19.7. The highest BCUT2D eigenvalue weighted by Gasteiger charge is 2.23. The van der Waals surface area contributed by atoms with Crippen molar-refractivity contribution in [1.29, 1.82) is 0 Å². The summed E-state index contributed by atoms with van der Waals surface area (Å²) in [5.41, 5.74) is 2.95. The Morgan fingerprint density at radius 2 is 2.11 bits per heavy atom. The summed E-state index contributed by atoms with van der Waals surface area (Å²) in [6.07, 6.45) is 1.99. The van der Waals surface area contributed by atoms with Crippen LogP contribution in [0, 0.1) is 5.92 Å². The predicted molar refractivity (Wildman–Crippen MR) is 117 cm³/mol. The number of carbonyl (C=O) groups excluding carboxylic acids is 1. The molecule has 3 heterocycles. The van der Waals surface area contributed by atoms with Gasteiger partial charge in [-0.05, 0) is 41.8 Å². The van der Waals surface area contributed by atoms with Crippen molar-refractivity contribution >= 4 is 44.9 Å². The lowest BCUT2D eigenvalue weighted by molar-refractivity contribution is -0.116. The first-order valence-electron chi connectivity index (χ1n) is 9.53. The molecular weight excluding hydrogens is 390 g/mol. The normalized spacial score (nSPS) is 13.9. The van der Waals surface area contributed by atoms with Gasteiger partial charge in [-0.2, -0.15) is 0 Å². The van der Waals surface area contributed by atoms with Crippen LogP contribution < -0.4 is 10.5 Å². The van der Waals surface area contributed by atoms with E-state index in [1.807, 2.05) is 34.5 Å². The van der Waals surface area contributed by atoms with Gasteiger partial charge in [-0.1, -0.05) is 43.8 Å². The Bertz CT molecular complexity index is 1070. The van der Waals surface area contributed by atoms with Gasteiger partial charge in [0.15, 0.2) is 5.16 Å². The smallest absolute Gasteiger partial charge is 0.272 e. The molecule has 0 saturated heterocycles. The van der Waals surface area contributed by atoms with E-state index in [4.69, 9.17) is 0 Å². The standard InChI is InChI=1S/C21H23N3O2S2/c1-14(2)12-24-20(26)19-16(9-11-27-19)22-21(24)28-13-18(25)23-10-5-7-15-6-3-4-8-17(15)23/h3-4,6,8-9,11,14H,5,7,10,12-13H2,1-2H3. The average Bonchev–Trinajstić information content (AvgIpc) is 3.16. The number of thioether (sulfide) groups is 1. The van der Waals surface area contributed by atoms with E-state index in [-0.39, 0.29) is 17.2 Å². The van der Waals surface area contributed by atoms with E-state index >= 15 is 0 Å². The minimum atomic E-state index is -0.00744. The van der Waals surface area contributed by atoms with Crippen LogP contribution in [0.4, 0.5) is 5.69 Å². The predicted octanol–water partition coefficient (Wildman–Crippen LogP) is 4.19. The molecule has 0 saturated carbocycles. The lowest BCUT2D eigenvalue weighted by Gasteiger charge is -2.29. The molecule has 0 atom stereocenters. The van der Waals surface area contributed by atoms with Crippen molar-refractivity contribution in [3.8, 4) is 0 Å². The van der Waals surface area contributed by atoms with E-state index in [0.717, 1.165) is 25.1 Å². The number of thiophene rings is 1. The van der Waals surface area contributed by atoms with Gasteiger partial charge in [-0.25, -0.2) is 4.98 Å². The summed E-state index contributed by atoms with van der Waals surface area (Å²) in [5.74, 6) is 0.656. The fourth-order valence-corrected chi connectivity index (χ4v) is 5.22. The van der Waals surface area contributed by atoms with E-state index in [1.54, 1.807) is 4.57 Å². The summed E-state index contributed by atoms with van der Waals surface area (Å²) in [6, 6.07) is 9.97. The van der Waals surface area contributed by atoms with Gasteiger partial charge in [0.2, 0.25) is 5.91 Å². The number of rotatable bonds is 5. The molecule has 0 fully saturated rings. The zero-order valence-corrected chi connectivity index (χ0v) is 17.7. The number of hydrogen-bond acceptors (Lipinski definition) is 5. The molecule has 1 aliphatic heterocycles. The van der Waals surface area contributed by atoms with Gasteiger partial charge in [-0.3, -0.25) is 14.2 Å². The van der Waals surface area contributed by atoms with Crippen LogP contribution in [0.1, 0.15) is 25.8 Å². The minimum absolute atomic E-state index is 0.00744. The Labute approximate surface area is 172 Å². The van der Waals surface area contributed by atoms with E-state index < -0.39 is 0 Å². The largest absolute Gasteiger partial charge is 0.311 e. The molecule has 3 aromatic rings. The van der Waals surface area contributed by atoms with Crippen LogP contribution in [0.3, 0.4) is 0 Å². The fraction of sp³-hybridized carbons (Fsp3) is 0.381. The molecule has 0 aliphatic carbocycles. The maximum absolute atomic E-state index is 13.0. The SMILES string of the molecule is CC(C)Cn1c(SCC(=O)N2CCCc3ccccc32)nc2ccsc2c1=O. The second-order valence-electron chi connectivity index (χ2n) is 7.41. The van der Waals surface area contributed by atoms with Crippen molar-refractivity contribution in [3.63, 3.8) is 0 Å². The molecule has 1 amide bonds. The molecule has 1 aliphatic rings. The van der Waals surface area contributed by atoms with Crippen LogP contribution in [0.15, 0.2) is 45.7 Å². The number of carbonyl (C=O) groups is 1. The van der Waals surface area contributed by atoms with Crippen molar-refractivity contribution in [2.24, 2.45) is 5.92 Å². The van der Waals surface area contributed by atoms with Crippen molar-refractivity contribution in [3.05, 3.63) is 51.6 Å². The van der Waals surface area contributed by atoms with Gasteiger partial charge in [0.25, 0.3) is 5.56 Å². The number of hydrogen-bond donors (Lipinski definition) is 0. The van der Waals surface area contributed by atoms with E-state index in [2.05, 4.69) is 24.9 Å². The van der Waals surface area contributed by atoms with Gasteiger partial charge in [0.1, 0.15) is 4.70 Å². The molecule has 7 heteroatoms. The molecule has 2 aromatic heterocycles. The van der Waals surface area contributed by atoms with Crippen LogP contribution in [0.2, 0.25) is 0 Å². The Hall–Kier alpha value is -2.12. The maximum Gasteiger partial charge on any atom is 0.272 e. The number of benzene rings is 1. The minimum Gasteiger partial charge on any atom is -0.311 e. The first-order valence-corrected chi connectivity index (χ1v) is 11.4. The second-order valence-corrected chi connectivity index (χ2v) is 9.26. The van der Waals surface area contributed by atoms with Crippen LogP contribution in [0.25, 0.3) is 10.2 Å². The van der Waals surface area contributed by atoms with Gasteiger partial charge >= 0.3 is 0 Å². The summed E-state index contributed by atoms with van der Waals surface area (Å²) < 4.78 is 2.41. The Balaban J connectivity index is 1.59. The molecule has 1 aromatic carbocycles. The number of aryl methyl sites for hydroxylation is 1. The number of anilines is 1. The third-order valence-corrected chi connectivity index (χ3v) is 6.67. The quantitative estimate of drug-likeness (QED) is 0.465. The first kappa shape index (κ1) is 19.2. The molecule has 0 unspecified atom stereocenters. The third kappa shape index (κ3) is 3.73. The van der Waals surface area contributed by atoms with Crippen LogP contribution >= 0.6 is 23.1 Å². The highest BCUT2D eigenvalue weighted by molar-refractivity contribution is 7.99. The van der Waals surface area contributed by atoms with Crippen LogP contribution in [-0.2, 0) is 17.8 Å². The van der Waals surface area contributed by atoms with Crippen molar-refractivity contribution in [2.75, 3.05) is 17.2 Å². The molecule has 28 heavy (non-hydrogen) atoms. The summed E-state index contributed by atoms with van der Waals surface area (Å²) >= 11 is 2.79. The van der Waals surface area contributed by atoms with Gasteiger partial charge < -0.3 is 4.90 Å². The molecule has 0 spiro atoms. The average molecular weight is 414 g/mol. The van der Waals surface area contributed by atoms with Crippen molar-refractivity contribution in [2.45, 2.75) is 38.4 Å². The number of aromatic nitrogens is 2. The zero-order valence-electron chi connectivity index (χ0n) is 16.1. The number of fused-ring (bicyclic) bond motifs is 2. The molecule has 4 rings (SSSR count). The van der Waals surface area contributed by atoms with E-state index in [0.29, 0.717) is 27.8 Å². The van der Waals surface area contributed by atoms with Gasteiger partial charge in [-0.15, -0.1) is 11.3 Å². The second kappa shape index (κ2) is 8.09. The molecular formula is C21H23N3O2S2. The maximum atomic E-state index is 13.0. The van der Waals surface area contributed by atoms with E-state index in [9.17, 15) is 9.59 Å². The van der Waals surface area contributed by atoms with Crippen LogP contribution in [-0.4, -0.2) is 27.8 Å². The number of nitrogens with zero attached hydrogens (tertiary/aromatic N) is 3. The summed E-state index contributed by atoms with van der Waals surface area (Å²) in [5, 5.41) is 2.52. The lowest BCUT2D eigenvalue weighted by atomic mass is 10.0. The summed E-state index contributed by atoms with van der Waals surface area (Å²) in [6.45, 7) is 5.50. The Morgan fingerprint density at radius 1 is 1.29 bits per heavy atom. The topological polar surface area (TPSA) is 55.2 Å². The van der Waals surface area contributed by atoms with Crippen molar-refractivity contribution in [1.82, 2.24) is 9.55 Å². The lowest BCUT2D eigenvalue weighted by Crippen LogP contribution is -2.36. The molecule has 0 N–H and O–H groups in total. The fourth-order valence-electron chi connectivity index (χ4n) is 3.56. The summed E-state index contributed by atoms with van der Waals surface area (Å²) in [4.78, 5) is 32.4. The monoisotopic (exact) mass is 413 g/mol. The number of para-hydroxylation sites is 1. The van der Waals surface area contributed by atoms with Crippen molar-refractivity contribution < 1.29 is 4.79 Å². The summed E-state index contributed by atoms with van der Waals surface area (Å²) in [7, 11) is 0. The van der Waals surface area contributed by atoms with Crippen LogP contribution in [0.5, 0.6) is 0 Å².